The van der Waals surface area contributed by atoms with Crippen LogP contribution in [0, 0.1) is 23.4 Å². The Morgan fingerprint density at radius 1 is 1.21 bits per heavy atom. The third-order valence-electron chi connectivity index (χ3n) is 5.27. The summed E-state index contributed by atoms with van der Waals surface area (Å²) in [6.45, 7) is 2.84. The van der Waals surface area contributed by atoms with Gasteiger partial charge in [-0.1, -0.05) is 13.8 Å². The average molecular weight is 465 g/mol. The molecule has 3 aromatic rings. The fourth-order valence-electron chi connectivity index (χ4n) is 3.49. The number of aromatic nitrogens is 2. The molecule has 0 aliphatic rings. The molecule has 1 aromatic carbocycles. The number of pyridine rings is 2. The van der Waals surface area contributed by atoms with E-state index in [0.717, 1.165) is 6.20 Å². The summed E-state index contributed by atoms with van der Waals surface area (Å²) < 4.78 is 47.8. The maximum atomic E-state index is 14.0. The molecule has 0 aliphatic carbocycles. The quantitative estimate of drug-likeness (QED) is 0.468. The molecule has 0 bridgehead atoms. The van der Waals surface area contributed by atoms with Crippen LogP contribution < -0.4 is 15.5 Å². The number of aliphatic hydroxyl groups is 1. The van der Waals surface area contributed by atoms with Gasteiger partial charge in [0.15, 0.2) is 0 Å². The number of benzene rings is 1. The number of carbonyl (C=O) groups is 1. The van der Waals surface area contributed by atoms with Gasteiger partial charge in [0.1, 0.15) is 28.7 Å². The molecule has 0 radical (unpaired) electrons. The summed E-state index contributed by atoms with van der Waals surface area (Å²) in [6.07, 6.45) is 1.12. The summed E-state index contributed by atoms with van der Waals surface area (Å²) in [5.41, 5.74) is -1.68. The van der Waals surface area contributed by atoms with E-state index in [0.29, 0.717) is 12.1 Å². The van der Waals surface area contributed by atoms with Gasteiger partial charge in [0.2, 0.25) is 11.3 Å². The second-order valence-electron chi connectivity index (χ2n) is 7.70. The minimum absolute atomic E-state index is 0.0397. The molecule has 176 valence electrons. The van der Waals surface area contributed by atoms with Crippen LogP contribution >= 0.6 is 0 Å². The number of fused-ring (bicyclic) bond motifs is 1. The number of ether oxygens (including phenoxy) is 1. The van der Waals surface area contributed by atoms with E-state index in [2.05, 4.69) is 10.3 Å². The molecule has 0 aliphatic heterocycles. The van der Waals surface area contributed by atoms with Crippen LogP contribution in [0.3, 0.4) is 0 Å². The number of rotatable bonds is 8. The lowest BCUT2D eigenvalue weighted by molar-refractivity contribution is 0.0694. The zero-order chi connectivity index (χ0) is 24.4. The van der Waals surface area contributed by atoms with E-state index in [1.54, 1.807) is 0 Å². The van der Waals surface area contributed by atoms with Gasteiger partial charge in [-0.25, -0.2) is 18.0 Å². The average Bonchev–Trinajstić information content (AvgIpc) is 2.74. The van der Waals surface area contributed by atoms with Crippen LogP contribution in [0.4, 0.5) is 18.9 Å². The highest BCUT2D eigenvalue weighted by molar-refractivity contribution is 5.93. The van der Waals surface area contributed by atoms with Crippen molar-refractivity contribution in [1.29, 1.82) is 0 Å². The lowest BCUT2D eigenvalue weighted by Crippen LogP contribution is -2.26. The molecule has 8 nitrogen and oxygen atoms in total. The highest BCUT2D eigenvalue weighted by atomic mass is 19.1. The Kier molecular flexibility index (Phi) is 6.92. The molecule has 0 saturated carbocycles. The molecule has 0 spiro atoms. The summed E-state index contributed by atoms with van der Waals surface area (Å²) in [5, 5.41) is 22.0. The number of aromatic carboxylic acids is 1. The van der Waals surface area contributed by atoms with E-state index in [9.17, 15) is 33.0 Å². The first kappa shape index (κ1) is 24.1. The maximum Gasteiger partial charge on any atom is 0.341 e. The van der Waals surface area contributed by atoms with Gasteiger partial charge in [-0.15, -0.1) is 0 Å². The molecule has 0 saturated heterocycles. The molecule has 11 heteroatoms. The van der Waals surface area contributed by atoms with Crippen molar-refractivity contribution in [3.05, 3.63) is 63.2 Å². The number of anilines is 1. The van der Waals surface area contributed by atoms with Crippen LogP contribution in [0.2, 0.25) is 0 Å². The van der Waals surface area contributed by atoms with Gasteiger partial charge in [-0.05, 0) is 12.0 Å². The second-order valence-corrected chi connectivity index (χ2v) is 7.70. The van der Waals surface area contributed by atoms with Crippen LogP contribution in [-0.2, 0) is 6.54 Å². The first-order valence-electron chi connectivity index (χ1n) is 9.94. The van der Waals surface area contributed by atoms with Crippen molar-refractivity contribution in [1.82, 2.24) is 9.55 Å². The Morgan fingerprint density at radius 3 is 2.36 bits per heavy atom. The number of methoxy groups -OCH3 is 1. The molecule has 0 fully saturated rings. The zero-order valence-electron chi connectivity index (χ0n) is 18.0. The van der Waals surface area contributed by atoms with Crippen molar-refractivity contribution in [3.8, 4) is 5.88 Å². The highest BCUT2D eigenvalue weighted by Gasteiger charge is 2.24. The Morgan fingerprint density at radius 2 is 1.85 bits per heavy atom. The van der Waals surface area contributed by atoms with Gasteiger partial charge in [0.05, 0.1) is 30.8 Å². The van der Waals surface area contributed by atoms with Crippen molar-refractivity contribution in [2.75, 3.05) is 19.0 Å². The fourth-order valence-corrected chi connectivity index (χ4v) is 3.49. The fraction of sp³-hybridized carbons (Fsp3) is 0.318. The standard InChI is InChI=1S/C22H22F3N3O5/c1-10(2)18(9-29)28-8-14(22(31)32)19(30)12-6-17(21(33-3)27-20(12)28)26-7-13-15(24)4-11(23)5-16(13)25/h4-6,8,10,18,26,29H,7,9H2,1-3H3,(H,31,32)/t18-/m1/s1. The van der Waals surface area contributed by atoms with Gasteiger partial charge in [-0.2, -0.15) is 4.98 Å². The minimum Gasteiger partial charge on any atom is -0.479 e. The molecule has 33 heavy (non-hydrogen) atoms. The van der Waals surface area contributed by atoms with Gasteiger partial charge in [0.25, 0.3) is 0 Å². The number of halogens is 3. The lowest BCUT2D eigenvalue weighted by Gasteiger charge is -2.24. The van der Waals surface area contributed by atoms with Gasteiger partial charge < -0.3 is 24.8 Å². The highest BCUT2D eigenvalue weighted by Crippen LogP contribution is 2.29. The van der Waals surface area contributed by atoms with Crippen LogP contribution in [0.25, 0.3) is 11.0 Å². The largest absolute Gasteiger partial charge is 0.479 e. The molecular formula is C22H22F3N3O5. The smallest absolute Gasteiger partial charge is 0.341 e. The molecule has 0 amide bonds. The van der Waals surface area contributed by atoms with Gasteiger partial charge in [0, 0.05) is 30.4 Å². The van der Waals surface area contributed by atoms with E-state index in [1.165, 1.54) is 17.7 Å². The van der Waals surface area contributed by atoms with Crippen LogP contribution in [0.1, 0.15) is 35.8 Å². The van der Waals surface area contributed by atoms with E-state index in [-0.39, 0.29) is 35.1 Å². The Balaban J connectivity index is 2.19. The molecule has 3 N–H and O–H groups in total. The second kappa shape index (κ2) is 9.49. The minimum atomic E-state index is -1.46. The van der Waals surface area contributed by atoms with Gasteiger partial charge >= 0.3 is 5.97 Å². The lowest BCUT2D eigenvalue weighted by atomic mass is 10.0. The molecule has 2 heterocycles. The monoisotopic (exact) mass is 465 g/mol. The summed E-state index contributed by atoms with van der Waals surface area (Å²) in [6, 6.07) is 1.74. The summed E-state index contributed by atoms with van der Waals surface area (Å²) in [4.78, 5) is 28.8. The maximum absolute atomic E-state index is 14.0. The van der Waals surface area contributed by atoms with Gasteiger partial charge in [-0.3, -0.25) is 4.79 Å². The first-order valence-corrected chi connectivity index (χ1v) is 9.94. The number of hydrogen-bond acceptors (Lipinski definition) is 6. The predicted molar refractivity (Wildman–Crippen MR) is 114 cm³/mol. The summed E-state index contributed by atoms with van der Waals surface area (Å²) in [5.74, 6) is -4.92. The van der Waals surface area contributed by atoms with E-state index >= 15 is 0 Å². The Hall–Kier alpha value is -3.60. The third kappa shape index (κ3) is 4.63. The molecule has 2 aromatic heterocycles. The van der Waals surface area contributed by atoms with E-state index in [1.807, 2.05) is 13.8 Å². The van der Waals surface area contributed by atoms with Crippen LogP contribution in [-0.4, -0.2) is 39.5 Å². The molecule has 3 rings (SSSR count). The number of nitrogens with zero attached hydrogens (tertiary/aromatic N) is 2. The first-order chi connectivity index (χ1) is 15.6. The Labute approximate surface area is 186 Å². The number of nitrogens with one attached hydrogen (secondary N) is 1. The predicted octanol–water partition coefficient (Wildman–Crippen LogP) is 3.32. The SMILES string of the molecule is COc1nc2c(cc1NCc1c(F)cc(F)cc1F)c(=O)c(C(=O)O)cn2[C@H](CO)C(C)C. The van der Waals surface area contributed by atoms with Crippen molar-refractivity contribution >= 4 is 22.7 Å². The Bertz CT molecular complexity index is 1250. The number of aliphatic hydroxyl groups excluding tert-OH is 1. The number of carboxylic acid groups (broad SMARTS) is 1. The molecule has 0 unspecified atom stereocenters. The van der Waals surface area contributed by atoms with Crippen LogP contribution in [0.15, 0.2) is 29.2 Å². The summed E-state index contributed by atoms with van der Waals surface area (Å²) in [7, 11) is 1.29. The van der Waals surface area contributed by atoms with Crippen molar-refractivity contribution < 1.29 is 32.9 Å². The van der Waals surface area contributed by atoms with E-state index < -0.39 is 52.6 Å². The normalized spacial score (nSPS) is 12.2. The molecule has 1 atom stereocenters. The summed E-state index contributed by atoms with van der Waals surface area (Å²) >= 11 is 0. The van der Waals surface area contributed by atoms with Crippen molar-refractivity contribution in [3.63, 3.8) is 0 Å². The van der Waals surface area contributed by atoms with E-state index in [4.69, 9.17) is 4.74 Å². The van der Waals surface area contributed by atoms with Crippen molar-refractivity contribution in [2.45, 2.75) is 26.4 Å². The topological polar surface area (TPSA) is 114 Å². The van der Waals surface area contributed by atoms with Crippen molar-refractivity contribution in [2.24, 2.45) is 5.92 Å². The van der Waals surface area contributed by atoms with Crippen LogP contribution in [0.5, 0.6) is 5.88 Å². The number of hydrogen-bond donors (Lipinski definition) is 3. The zero-order valence-corrected chi connectivity index (χ0v) is 18.0. The number of carboxylic acids is 1. The third-order valence-corrected chi connectivity index (χ3v) is 5.27. The molecular weight excluding hydrogens is 443 g/mol.